The molecule has 1 saturated heterocycles. The summed E-state index contributed by atoms with van der Waals surface area (Å²) in [5.74, 6) is -1.85. The van der Waals surface area contributed by atoms with E-state index in [1.807, 2.05) is 24.4 Å². The molecular weight excluding hydrogens is 483 g/mol. The Morgan fingerprint density at radius 2 is 1.65 bits per heavy atom. The van der Waals surface area contributed by atoms with E-state index in [9.17, 15) is 22.8 Å². The predicted octanol–water partition coefficient (Wildman–Crippen LogP) is 5.17. The van der Waals surface area contributed by atoms with Crippen molar-refractivity contribution in [2.45, 2.75) is 77.4 Å². The van der Waals surface area contributed by atoms with Gasteiger partial charge in [-0.3, -0.25) is 14.5 Å². The molecule has 0 aromatic heterocycles. The van der Waals surface area contributed by atoms with E-state index in [0.717, 1.165) is 31.5 Å². The van der Waals surface area contributed by atoms with Gasteiger partial charge < -0.3 is 15.4 Å². The molecular formula is C28H36F3N3O3. The number of hydrogen-bond acceptors (Lipinski definition) is 4. The number of rotatable bonds is 7. The summed E-state index contributed by atoms with van der Waals surface area (Å²) in [6, 6.07) is 12.7. The Labute approximate surface area is 216 Å². The number of amides is 2. The van der Waals surface area contributed by atoms with E-state index in [4.69, 9.17) is 4.74 Å². The first kappa shape index (κ1) is 28.5. The summed E-state index contributed by atoms with van der Waals surface area (Å²) in [6.45, 7) is 11.6. The van der Waals surface area contributed by atoms with Crippen LogP contribution >= 0.6 is 0 Å². The van der Waals surface area contributed by atoms with Crippen molar-refractivity contribution >= 4 is 11.8 Å². The number of alkyl halides is 3. The molecule has 0 aliphatic carbocycles. The minimum atomic E-state index is -5.00. The number of ether oxygens (including phenoxy) is 1. The molecule has 9 heteroatoms. The predicted molar refractivity (Wildman–Crippen MR) is 136 cm³/mol. The molecule has 2 aromatic carbocycles. The normalized spacial score (nSPS) is 18.5. The van der Waals surface area contributed by atoms with E-state index in [1.165, 1.54) is 6.92 Å². The molecule has 0 radical (unpaired) electrons. The average Bonchev–Trinajstić information content (AvgIpc) is 2.82. The zero-order valence-electron chi connectivity index (χ0n) is 22.0. The van der Waals surface area contributed by atoms with Crippen molar-refractivity contribution in [1.29, 1.82) is 0 Å². The fourth-order valence-corrected chi connectivity index (χ4v) is 4.38. The highest BCUT2D eigenvalue weighted by atomic mass is 19.4. The average molecular weight is 520 g/mol. The maximum Gasteiger partial charge on any atom is 0.471 e. The number of carbonyl (C=O) groups excluding carboxylic acids is 2. The number of halogens is 3. The number of likely N-dealkylation sites (tertiary alicyclic amines) is 1. The smallest absolute Gasteiger partial charge is 0.471 e. The monoisotopic (exact) mass is 519 g/mol. The van der Waals surface area contributed by atoms with Gasteiger partial charge in [-0.1, -0.05) is 29.8 Å². The molecule has 3 atom stereocenters. The molecule has 202 valence electrons. The molecule has 37 heavy (non-hydrogen) atoms. The van der Waals surface area contributed by atoms with Gasteiger partial charge in [-0.05, 0) is 83.8 Å². The Kier molecular flexibility index (Phi) is 8.89. The van der Waals surface area contributed by atoms with Crippen LogP contribution < -0.4 is 15.4 Å². The van der Waals surface area contributed by atoms with Gasteiger partial charge >= 0.3 is 12.1 Å². The maximum absolute atomic E-state index is 12.9. The quantitative estimate of drug-likeness (QED) is 0.529. The lowest BCUT2D eigenvalue weighted by molar-refractivity contribution is -0.174. The van der Waals surface area contributed by atoms with Crippen molar-refractivity contribution in [3.63, 3.8) is 0 Å². The molecule has 1 aliphatic rings. The Morgan fingerprint density at radius 1 is 1.03 bits per heavy atom. The number of carbonyl (C=O) groups is 2. The lowest BCUT2D eigenvalue weighted by Crippen LogP contribution is -2.53. The second kappa shape index (κ2) is 11.5. The van der Waals surface area contributed by atoms with Gasteiger partial charge in [-0.2, -0.15) is 13.2 Å². The van der Waals surface area contributed by atoms with Gasteiger partial charge in [-0.25, -0.2) is 0 Å². The van der Waals surface area contributed by atoms with Crippen LogP contribution in [0, 0.1) is 6.92 Å². The van der Waals surface area contributed by atoms with Crippen LogP contribution in [0.1, 0.15) is 68.1 Å². The second-order valence-corrected chi connectivity index (χ2v) is 10.7. The summed E-state index contributed by atoms with van der Waals surface area (Å²) in [4.78, 5) is 26.8. The van der Waals surface area contributed by atoms with Crippen molar-refractivity contribution in [2.24, 2.45) is 0 Å². The highest BCUT2D eigenvalue weighted by molar-refractivity contribution is 5.94. The molecule has 1 aliphatic heterocycles. The number of nitrogens with one attached hydrogen (secondary N) is 2. The third-order valence-electron chi connectivity index (χ3n) is 6.56. The van der Waals surface area contributed by atoms with Crippen LogP contribution in [0.2, 0.25) is 0 Å². The van der Waals surface area contributed by atoms with Gasteiger partial charge in [0.05, 0.1) is 6.04 Å². The first-order valence-electron chi connectivity index (χ1n) is 12.5. The second-order valence-electron chi connectivity index (χ2n) is 10.7. The molecule has 0 bridgehead atoms. The number of hydrogen-bond donors (Lipinski definition) is 2. The van der Waals surface area contributed by atoms with Gasteiger partial charge in [0.2, 0.25) is 0 Å². The molecule has 0 unspecified atom stereocenters. The molecule has 6 nitrogen and oxygen atoms in total. The Morgan fingerprint density at radius 3 is 2.22 bits per heavy atom. The van der Waals surface area contributed by atoms with E-state index >= 15 is 0 Å². The number of aryl methyl sites for hydroxylation is 1. The summed E-state index contributed by atoms with van der Waals surface area (Å²) >= 11 is 0. The van der Waals surface area contributed by atoms with Crippen LogP contribution in [0.4, 0.5) is 13.2 Å². The molecule has 1 heterocycles. The molecule has 0 saturated carbocycles. The maximum atomic E-state index is 12.9. The molecule has 2 aromatic rings. The zero-order chi connectivity index (χ0) is 27.4. The van der Waals surface area contributed by atoms with E-state index in [2.05, 4.69) is 31.0 Å². The van der Waals surface area contributed by atoms with Gasteiger partial charge in [0, 0.05) is 23.7 Å². The van der Waals surface area contributed by atoms with Crippen LogP contribution in [0.25, 0.3) is 0 Å². The minimum Gasteiger partial charge on any atom is -0.484 e. The van der Waals surface area contributed by atoms with Crippen LogP contribution in [0.5, 0.6) is 5.75 Å². The zero-order valence-corrected chi connectivity index (χ0v) is 22.0. The van der Waals surface area contributed by atoms with E-state index in [0.29, 0.717) is 16.9 Å². The van der Waals surface area contributed by atoms with E-state index < -0.39 is 24.2 Å². The number of nitrogens with zero attached hydrogens (tertiary/aromatic N) is 1. The topological polar surface area (TPSA) is 70.7 Å². The molecule has 3 rings (SSSR count). The lowest BCUT2D eigenvalue weighted by atomic mass is 9.98. The van der Waals surface area contributed by atoms with Gasteiger partial charge in [0.1, 0.15) is 11.9 Å². The Hall–Kier alpha value is -3.07. The van der Waals surface area contributed by atoms with E-state index in [1.54, 1.807) is 36.4 Å². The fraction of sp³-hybridized carbons (Fsp3) is 0.500. The molecule has 2 amide bonds. The van der Waals surface area contributed by atoms with Crippen LogP contribution in [-0.4, -0.2) is 53.6 Å². The van der Waals surface area contributed by atoms with Gasteiger partial charge in [-0.15, -0.1) is 0 Å². The summed E-state index contributed by atoms with van der Waals surface area (Å²) < 4.78 is 44.5. The largest absolute Gasteiger partial charge is 0.484 e. The first-order chi connectivity index (χ1) is 17.2. The number of piperidine rings is 1. The van der Waals surface area contributed by atoms with Crippen LogP contribution in [0.3, 0.4) is 0 Å². The van der Waals surface area contributed by atoms with Crippen molar-refractivity contribution in [3.05, 3.63) is 65.2 Å². The molecule has 0 spiro atoms. The number of benzene rings is 2. The molecule has 1 fully saturated rings. The van der Waals surface area contributed by atoms with Crippen molar-refractivity contribution in [3.8, 4) is 5.75 Å². The van der Waals surface area contributed by atoms with Gasteiger partial charge in [0.15, 0.2) is 0 Å². The van der Waals surface area contributed by atoms with Crippen molar-refractivity contribution in [2.75, 3.05) is 13.1 Å². The summed E-state index contributed by atoms with van der Waals surface area (Å²) in [5.41, 5.74) is 2.09. The van der Waals surface area contributed by atoms with Crippen LogP contribution in [0.15, 0.2) is 48.5 Å². The SMILES string of the molecule is Cc1ccc([C@@H](Oc2ccc(C(=O)N[C@H]3CCCN(C(C)(C)C)C3)cc2)[C@H](C)NC(=O)C(F)(F)F)cc1. The molecule has 2 N–H and O–H groups in total. The fourth-order valence-electron chi connectivity index (χ4n) is 4.38. The Balaban J connectivity index is 1.70. The highest BCUT2D eigenvalue weighted by Crippen LogP contribution is 2.27. The summed E-state index contributed by atoms with van der Waals surface area (Å²) in [5, 5.41) is 5.09. The minimum absolute atomic E-state index is 0.0348. The van der Waals surface area contributed by atoms with Gasteiger partial charge in [0.25, 0.3) is 5.91 Å². The highest BCUT2D eigenvalue weighted by Gasteiger charge is 2.40. The van der Waals surface area contributed by atoms with E-state index in [-0.39, 0.29) is 17.5 Å². The summed E-state index contributed by atoms with van der Waals surface area (Å²) in [7, 11) is 0. The van der Waals surface area contributed by atoms with Crippen molar-refractivity contribution < 1.29 is 27.5 Å². The summed E-state index contributed by atoms with van der Waals surface area (Å²) in [6.07, 6.45) is -3.95. The standard InChI is InChI=1S/C28H36F3N3O3/c1-18-8-10-20(11-9-18)24(19(2)32-26(36)28(29,30)31)37-23-14-12-21(13-15-23)25(35)33-22-7-6-16-34(17-22)27(3,4)5/h8-15,19,22,24H,6-7,16-17H2,1-5H3,(H,32,36)(H,33,35)/t19-,22-,24-/m0/s1. The first-order valence-corrected chi connectivity index (χ1v) is 12.5. The Bertz CT molecular complexity index is 1060. The third-order valence-corrected chi connectivity index (χ3v) is 6.56. The third kappa shape index (κ3) is 7.95. The van der Waals surface area contributed by atoms with Crippen LogP contribution in [-0.2, 0) is 4.79 Å². The van der Waals surface area contributed by atoms with Crippen molar-refractivity contribution in [1.82, 2.24) is 15.5 Å². The lowest BCUT2D eigenvalue weighted by Gasteiger charge is -2.41.